The van der Waals surface area contributed by atoms with Crippen LogP contribution in [0.3, 0.4) is 0 Å². The Labute approximate surface area is 314 Å². The van der Waals surface area contributed by atoms with Gasteiger partial charge in [-0.15, -0.1) is 0 Å². The number of ether oxygens (including phenoxy) is 3. The number of rotatable bonds is 27. The van der Waals surface area contributed by atoms with E-state index in [-0.39, 0.29) is 38.1 Å². The second-order valence-corrected chi connectivity index (χ2v) is 15.6. The molecule has 0 spiro atoms. The number of benzene rings is 1. The number of halogens is 1. The number of nitrogens with two attached hydrogens (primary N) is 1. The number of nitrogens with zero attached hydrogens (tertiary/aromatic N) is 4. The summed E-state index contributed by atoms with van der Waals surface area (Å²) in [6.07, 6.45) is 18.4. The fourth-order valence-corrected chi connectivity index (χ4v) is 7.34. The zero-order valence-corrected chi connectivity index (χ0v) is 32.5. The van der Waals surface area contributed by atoms with Crippen molar-refractivity contribution in [2.75, 3.05) is 32.2 Å². The monoisotopic (exact) mass is 759 g/mol. The van der Waals surface area contributed by atoms with Gasteiger partial charge in [0.05, 0.1) is 38.2 Å². The summed E-state index contributed by atoms with van der Waals surface area (Å²) >= 11 is 0. The van der Waals surface area contributed by atoms with Crippen molar-refractivity contribution in [3.8, 4) is 6.07 Å². The van der Waals surface area contributed by atoms with Crippen LogP contribution in [-0.4, -0.2) is 58.1 Å². The number of anilines is 1. The smallest absolute Gasteiger partial charge is 0.382 e. The van der Waals surface area contributed by atoms with Gasteiger partial charge in [-0.3, -0.25) is 9.05 Å². The van der Waals surface area contributed by atoms with Crippen molar-refractivity contribution >= 4 is 19.2 Å². The lowest BCUT2D eigenvalue weighted by Gasteiger charge is -2.23. The molecule has 3 N–H and O–H groups in total. The Morgan fingerprint density at radius 3 is 2.38 bits per heavy atom. The number of fused-ring (bicyclic) bond motifs is 1. The lowest BCUT2D eigenvalue weighted by Crippen LogP contribution is -2.28. The van der Waals surface area contributed by atoms with Gasteiger partial charge >= 0.3 is 7.82 Å². The summed E-state index contributed by atoms with van der Waals surface area (Å²) in [5.74, 6) is -0.0672. The molecule has 0 radical (unpaired) electrons. The Bertz CT molecular complexity index is 1620. The van der Waals surface area contributed by atoms with Crippen molar-refractivity contribution in [3.63, 3.8) is 0 Å². The largest absolute Gasteiger partial charge is 0.472 e. The Hall–Kier alpha value is -2.95. The van der Waals surface area contributed by atoms with Crippen LogP contribution in [-0.2, 0) is 40.0 Å². The number of nitrogen functional groups attached to an aromatic ring is 1. The quantitative estimate of drug-likeness (QED) is 0.0564. The molecule has 294 valence electrons. The molecule has 4 rings (SSSR count). The number of unbranched alkanes of at least 4 members (excludes halogenated alkanes) is 13. The Kier molecular flexibility index (Phi) is 18.1. The van der Waals surface area contributed by atoms with Crippen LogP contribution in [0.25, 0.3) is 5.52 Å². The number of aromatic nitrogens is 3. The van der Waals surface area contributed by atoms with Gasteiger partial charge in [0.25, 0.3) is 0 Å². The van der Waals surface area contributed by atoms with E-state index in [1.165, 1.54) is 94.0 Å². The summed E-state index contributed by atoms with van der Waals surface area (Å²) in [4.78, 5) is 14.5. The number of phosphoric ester groups is 1. The Balaban J connectivity index is 1.17. The maximum Gasteiger partial charge on any atom is 0.472 e. The molecule has 1 saturated heterocycles. The van der Waals surface area contributed by atoms with Crippen LogP contribution in [0, 0.1) is 24.1 Å². The molecule has 0 amide bonds. The van der Waals surface area contributed by atoms with E-state index in [1.807, 2.05) is 0 Å². The van der Waals surface area contributed by atoms with Crippen LogP contribution in [0.2, 0.25) is 0 Å². The number of hydrogen-bond donors (Lipinski definition) is 2. The fourth-order valence-electron chi connectivity index (χ4n) is 6.56. The van der Waals surface area contributed by atoms with Crippen LogP contribution >= 0.6 is 7.82 Å². The van der Waals surface area contributed by atoms with Gasteiger partial charge in [-0.25, -0.2) is 18.5 Å². The zero-order valence-electron chi connectivity index (χ0n) is 31.6. The standard InChI is InChI=1S/C39H59FN5O7P/c1-3-4-5-6-7-8-9-10-11-12-13-14-15-16-23-48-26-34(49-25-32-18-17-31(2)35(40)24-32)28-51-53(46,47)50-27-33-21-22-39(29-41,52-33)37-20-19-36-38(42)43-30-44-45(36)37/h17-20,24,30,33-34H,3-16,21-23,25-28H2,1-2H3,(H,46,47)(H2,42,43,44)/t33-,34+,39-/m0/s1. The van der Waals surface area contributed by atoms with Gasteiger partial charge < -0.3 is 24.8 Å². The highest BCUT2D eigenvalue weighted by molar-refractivity contribution is 7.47. The van der Waals surface area contributed by atoms with Crippen LogP contribution in [0.4, 0.5) is 10.2 Å². The van der Waals surface area contributed by atoms with Crippen molar-refractivity contribution in [2.24, 2.45) is 0 Å². The molecule has 3 aromatic rings. The Morgan fingerprint density at radius 1 is 1.04 bits per heavy atom. The summed E-state index contributed by atoms with van der Waals surface area (Å²) < 4.78 is 57.2. The molecule has 1 aliphatic rings. The van der Waals surface area contributed by atoms with Gasteiger partial charge in [-0.2, -0.15) is 10.4 Å². The predicted molar refractivity (Wildman–Crippen MR) is 201 cm³/mol. The molecule has 0 saturated carbocycles. The minimum absolute atomic E-state index is 0.0706. The molecule has 1 aromatic carbocycles. The normalized spacial score (nSPS) is 19.0. The molecular weight excluding hydrogens is 700 g/mol. The van der Waals surface area contributed by atoms with E-state index < -0.39 is 25.6 Å². The van der Waals surface area contributed by atoms with E-state index in [9.17, 15) is 19.1 Å². The van der Waals surface area contributed by atoms with Crippen LogP contribution in [0.15, 0.2) is 36.7 Å². The van der Waals surface area contributed by atoms with Gasteiger partial charge in [-0.05, 0) is 55.5 Å². The van der Waals surface area contributed by atoms with Crippen LogP contribution in [0.5, 0.6) is 0 Å². The van der Waals surface area contributed by atoms with E-state index in [1.54, 1.807) is 31.2 Å². The third kappa shape index (κ3) is 14.0. The highest BCUT2D eigenvalue weighted by Gasteiger charge is 2.45. The molecule has 2 aromatic heterocycles. The van der Waals surface area contributed by atoms with E-state index in [0.717, 1.165) is 12.8 Å². The summed E-state index contributed by atoms with van der Waals surface area (Å²) in [7, 11) is -4.54. The number of phosphoric acid groups is 1. The van der Waals surface area contributed by atoms with Gasteiger partial charge in [-0.1, -0.05) is 103 Å². The SMILES string of the molecule is CCCCCCCCCCCCCCCCOC[C@H](COP(=O)(O)OC[C@@H]1CC[C@](C#N)(c2ccc3c(N)ncnn23)O1)OCc1ccc(C)c(F)c1. The first-order valence-corrected chi connectivity index (χ1v) is 20.9. The first kappa shape index (κ1) is 42.8. The van der Waals surface area contributed by atoms with Crippen LogP contribution in [0.1, 0.15) is 126 Å². The molecule has 0 bridgehead atoms. The fraction of sp³-hybridized carbons (Fsp3) is 0.667. The van der Waals surface area contributed by atoms with E-state index in [0.29, 0.717) is 41.8 Å². The second-order valence-electron chi connectivity index (χ2n) is 14.1. The summed E-state index contributed by atoms with van der Waals surface area (Å²) in [6, 6.07) is 10.5. The lowest BCUT2D eigenvalue weighted by atomic mass is 9.98. The molecule has 3 heterocycles. The van der Waals surface area contributed by atoms with Crippen molar-refractivity contribution in [2.45, 2.75) is 141 Å². The minimum atomic E-state index is -4.54. The predicted octanol–water partition coefficient (Wildman–Crippen LogP) is 8.87. The number of hydrogen-bond acceptors (Lipinski definition) is 10. The van der Waals surface area contributed by atoms with E-state index >= 15 is 0 Å². The average molecular weight is 760 g/mol. The summed E-state index contributed by atoms with van der Waals surface area (Å²) in [5, 5.41) is 14.3. The van der Waals surface area contributed by atoms with E-state index in [4.69, 9.17) is 29.0 Å². The number of aryl methyl sites for hydroxylation is 1. The Morgan fingerprint density at radius 2 is 1.72 bits per heavy atom. The van der Waals surface area contributed by atoms with E-state index in [2.05, 4.69) is 23.1 Å². The molecule has 53 heavy (non-hydrogen) atoms. The highest BCUT2D eigenvalue weighted by atomic mass is 31.2. The van der Waals surface area contributed by atoms with Gasteiger partial charge in [0, 0.05) is 6.61 Å². The van der Waals surface area contributed by atoms with Crippen molar-refractivity contribution < 1.29 is 37.1 Å². The minimum Gasteiger partial charge on any atom is -0.382 e. The molecule has 1 unspecified atom stereocenters. The van der Waals surface area contributed by atoms with Gasteiger partial charge in [0.15, 0.2) is 11.4 Å². The molecule has 12 nitrogen and oxygen atoms in total. The molecule has 4 atom stereocenters. The van der Waals surface area contributed by atoms with Crippen LogP contribution < -0.4 is 5.73 Å². The second kappa shape index (κ2) is 22.4. The maximum absolute atomic E-state index is 14.1. The van der Waals surface area contributed by atoms with Gasteiger partial charge in [0.2, 0.25) is 0 Å². The maximum atomic E-state index is 14.1. The molecule has 0 aliphatic carbocycles. The molecular formula is C39H59FN5O7P. The third-order valence-electron chi connectivity index (χ3n) is 9.78. The van der Waals surface area contributed by atoms with Crippen molar-refractivity contribution in [1.82, 2.24) is 14.6 Å². The highest BCUT2D eigenvalue weighted by Crippen LogP contribution is 2.46. The molecule has 14 heteroatoms. The average Bonchev–Trinajstić information content (AvgIpc) is 3.79. The van der Waals surface area contributed by atoms with Crippen molar-refractivity contribution in [1.29, 1.82) is 5.26 Å². The van der Waals surface area contributed by atoms with Gasteiger partial charge in [0.1, 0.15) is 29.8 Å². The summed E-state index contributed by atoms with van der Waals surface area (Å²) in [5.41, 5.74) is 6.78. The summed E-state index contributed by atoms with van der Waals surface area (Å²) in [6.45, 7) is 4.10. The lowest BCUT2D eigenvalue weighted by molar-refractivity contribution is -0.0560. The third-order valence-corrected chi connectivity index (χ3v) is 10.7. The first-order valence-electron chi connectivity index (χ1n) is 19.4. The van der Waals surface area contributed by atoms with Crippen molar-refractivity contribution in [3.05, 3.63) is 59.3 Å². The first-order chi connectivity index (χ1) is 25.7. The zero-order chi connectivity index (χ0) is 37.9. The number of nitriles is 1. The molecule has 1 fully saturated rings. The topological polar surface area (TPSA) is 163 Å². The molecule has 1 aliphatic heterocycles.